The number of benzene rings is 1. The van der Waals surface area contributed by atoms with Crippen molar-refractivity contribution in [3.63, 3.8) is 0 Å². The van der Waals surface area contributed by atoms with Crippen LogP contribution in [0.4, 0.5) is 13.2 Å². The molecule has 140 valence electrons. The van der Waals surface area contributed by atoms with Crippen molar-refractivity contribution < 1.29 is 25.8 Å². The first-order valence-corrected chi connectivity index (χ1v) is 9.97. The molecule has 0 saturated heterocycles. The molecule has 0 saturated carbocycles. The number of rotatable bonds is 8. The largest absolute Gasteiger partial charge is 0.534 e. The van der Waals surface area contributed by atoms with Crippen molar-refractivity contribution >= 4 is 15.7 Å². The molecule has 0 heterocycles. The van der Waals surface area contributed by atoms with E-state index in [9.17, 15) is 21.6 Å². The van der Waals surface area contributed by atoms with Crippen LogP contribution in [0.5, 0.6) is 0 Å². The molecule has 1 aliphatic carbocycles. The molecule has 0 radical (unpaired) electrons. The van der Waals surface area contributed by atoms with Gasteiger partial charge in [0, 0.05) is 6.42 Å². The third-order valence-corrected chi connectivity index (χ3v) is 5.27. The second kappa shape index (κ2) is 8.25. The lowest BCUT2D eigenvalue weighted by Crippen LogP contribution is -2.25. The van der Waals surface area contributed by atoms with Gasteiger partial charge in [0.2, 0.25) is 0 Å². The average molecular weight is 376 g/mol. The van der Waals surface area contributed by atoms with E-state index in [0.29, 0.717) is 18.4 Å². The second-order valence-electron chi connectivity index (χ2n) is 6.25. The Hall–Kier alpha value is -1.50. The standard InChI is InChI=1S/C18H23F3O3S/c1-2-3-4-5-7-14-10-12-15(13-11-14)16-8-6-9-17(16)24-25(22,23)18(19,20)21/h10-13H,2-9H2,1H3. The number of allylic oxidation sites excluding steroid dienone is 2. The molecular weight excluding hydrogens is 353 g/mol. The summed E-state index contributed by atoms with van der Waals surface area (Å²) >= 11 is 0. The van der Waals surface area contributed by atoms with E-state index in [-0.39, 0.29) is 12.2 Å². The van der Waals surface area contributed by atoms with Gasteiger partial charge in [0.25, 0.3) is 0 Å². The summed E-state index contributed by atoms with van der Waals surface area (Å²) in [5.41, 5.74) is -2.97. The van der Waals surface area contributed by atoms with Crippen LogP contribution in [0.1, 0.15) is 63.0 Å². The quantitative estimate of drug-likeness (QED) is 0.338. The smallest absolute Gasteiger partial charge is 0.380 e. The Morgan fingerprint density at radius 2 is 1.72 bits per heavy atom. The fourth-order valence-corrected chi connectivity index (χ4v) is 3.46. The maximum Gasteiger partial charge on any atom is 0.534 e. The third-order valence-electron chi connectivity index (χ3n) is 4.28. The maximum absolute atomic E-state index is 12.5. The molecule has 0 aliphatic heterocycles. The van der Waals surface area contributed by atoms with Crippen LogP contribution < -0.4 is 0 Å². The molecule has 0 N–H and O–H groups in total. The first-order valence-electron chi connectivity index (χ1n) is 8.56. The maximum atomic E-state index is 12.5. The van der Waals surface area contributed by atoms with Gasteiger partial charge in [-0.05, 0) is 42.4 Å². The predicted molar refractivity (Wildman–Crippen MR) is 91.1 cm³/mol. The monoisotopic (exact) mass is 376 g/mol. The molecule has 1 aromatic rings. The lowest BCUT2D eigenvalue weighted by Gasteiger charge is -2.12. The first kappa shape index (κ1) is 19.8. The lowest BCUT2D eigenvalue weighted by molar-refractivity contribution is -0.0522. The summed E-state index contributed by atoms with van der Waals surface area (Å²) in [6.07, 6.45) is 6.92. The van der Waals surface area contributed by atoms with Gasteiger partial charge in [-0.25, -0.2) is 0 Å². The van der Waals surface area contributed by atoms with Crippen LogP contribution in [0.15, 0.2) is 30.0 Å². The molecule has 3 nitrogen and oxygen atoms in total. The van der Waals surface area contributed by atoms with E-state index in [1.54, 1.807) is 0 Å². The SMILES string of the molecule is CCCCCCc1ccc(C2=C(OS(=O)(=O)C(F)(F)F)CCC2)cc1. The number of hydrogen-bond acceptors (Lipinski definition) is 3. The first-order chi connectivity index (χ1) is 11.7. The van der Waals surface area contributed by atoms with Crippen LogP contribution in [0.25, 0.3) is 5.57 Å². The average Bonchev–Trinajstić information content (AvgIpc) is 2.98. The minimum Gasteiger partial charge on any atom is -0.380 e. The summed E-state index contributed by atoms with van der Waals surface area (Å²) in [7, 11) is -5.61. The Bertz CT molecular complexity index is 704. The molecule has 0 aromatic heterocycles. The van der Waals surface area contributed by atoms with E-state index in [4.69, 9.17) is 0 Å². The van der Waals surface area contributed by atoms with Crippen molar-refractivity contribution in [3.8, 4) is 0 Å². The van der Waals surface area contributed by atoms with E-state index >= 15 is 0 Å². The number of aryl methyl sites for hydroxylation is 1. The summed E-state index contributed by atoms with van der Waals surface area (Å²) in [4.78, 5) is 0. The zero-order chi connectivity index (χ0) is 18.5. The molecule has 0 fully saturated rings. The lowest BCUT2D eigenvalue weighted by atomic mass is 10.0. The van der Waals surface area contributed by atoms with Crippen LogP contribution >= 0.6 is 0 Å². The topological polar surface area (TPSA) is 43.4 Å². The highest BCUT2D eigenvalue weighted by Crippen LogP contribution is 2.38. The Morgan fingerprint density at radius 3 is 2.32 bits per heavy atom. The van der Waals surface area contributed by atoms with E-state index < -0.39 is 15.6 Å². The molecule has 0 amide bonds. The molecule has 1 aromatic carbocycles. The second-order valence-corrected chi connectivity index (χ2v) is 7.78. The molecule has 2 rings (SSSR count). The minimum atomic E-state index is -5.61. The van der Waals surface area contributed by atoms with Gasteiger partial charge < -0.3 is 4.18 Å². The number of alkyl halides is 3. The van der Waals surface area contributed by atoms with Crippen molar-refractivity contribution in [3.05, 3.63) is 41.2 Å². The third kappa shape index (κ3) is 5.23. The number of unbranched alkanes of at least 4 members (excludes halogenated alkanes) is 3. The van der Waals surface area contributed by atoms with Gasteiger partial charge in [0.1, 0.15) is 5.76 Å². The van der Waals surface area contributed by atoms with Gasteiger partial charge in [-0.3, -0.25) is 0 Å². The summed E-state index contributed by atoms with van der Waals surface area (Å²) < 4.78 is 64.4. The highest BCUT2D eigenvalue weighted by Gasteiger charge is 2.49. The molecule has 0 unspecified atom stereocenters. The van der Waals surface area contributed by atoms with Crippen molar-refractivity contribution in [1.82, 2.24) is 0 Å². The van der Waals surface area contributed by atoms with Crippen molar-refractivity contribution in [1.29, 1.82) is 0 Å². The molecule has 25 heavy (non-hydrogen) atoms. The Balaban J connectivity index is 2.11. The normalized spacial score (nSPS) is 15.7. The van der Waals surface area contributed by atoms with Crippen LogP contribution in [-0.4, -0.2) is 13.9 Å². The van der Waals surface area contributed by atoms with E-state index in [1.165, 1.54) is 24.8 Å². The van der Waals surface area contributed by atoms with E-state index in [2.05, 4.69) is 11.1 Å². The summed E-state index contributed by atoms with van der Waals surface area (Å²) in [6.45, 7) is 2.16. The zero-order valence-corrected chi connectivity index (χ0v) is 15.0. The molecule has 0 atom stereocenters. The number of halogens is 3. The van der Waals surface area contributed by atoms with Crippen LogP contribution in [-0.2, 0) is 20.7 Å². The van der Waals surface area contributed by atoms with Gasteiger partial charge in [-0.2, -0.15) is 21.6 Å². The van der Waals surface area contributed by atoms with E-state index in [1.807, 2.05) is 24.3 Å². The molecule has 7 heteroatoms. The Morgan fingerprint density at radius 1 is 1.04 bits per heavy atom. The van der Waals surface area contributed by atoms with Gasteiger partial charge in [0.05, 0.1) is 0 Å². The molecule has 0 spiro atoms. The number of hydrogen-bond donors (Lipinski definition) is 0. The van der Waals surface area contributed by atoms with Crippen LogP contribution in [0, 0.1) is 0 Å². The van der Waals surface area contributed by atoms with Crippen molar-refractivity contribution in [2.45, 2.75) is 63.8 Å². The van der Waals surface area contributed by atoms with Crippen molar-refractivity contribution in [2.75, 3.05) is 0 Å². The fraction of sp³-hybridized carbons (Fsp3) is 0.556. The van der Waals surface area contributed by atoms with Gasteiger partial charge in [-0.15, -0.1) is 0 Å². The molecule has 1 aliphatic rings. The van der Waals surface area contributed by atoms with Gasteiger partial charge >= 0.3 is 15.6 Å². The van der Waals surface area contributed by atoms with Gasteiger partial charge in [-0.1, -0.05) is 50.5 Å². The molecular formula is C18H23F3O3S. The van der Waals surface area contributed by atoms with Crippen LogP contribution in [0.3, 0.4) is 0 Å². The summed E-state index contributed by atoms with van der Waals surface area (Å²) in [5.74, 6) is -0.0898. The predicted octanol–water partition coefficient (Wildman–Crippen LogP) is 5.57. The summed E-state index contributed by atoms with van der Waals surface area (Å²) in [5, 5.41) is 0. The Kier molecular flexibility index (Phi) is 6.54. The van der Waals surface area contributed by atoms with Crippen LogP contribution in [0.2, 0.25) is 0 Å². The molecule has 0 bridgehead atoms. The minimum absolute atomic E-state index is 0.0898. The highest BCUT2D eigenvalue weighted by atomic mass is 32.2. The fourth-order valence-electron chi connectivity index (χ4n) is 2.92. The Labute approximate surface area is 147 Å². The van der Waals surface area contributed by atoms with Gasteiger partial charge in [0.15, 0.2) is 0 Å². The highest BCUT2D eigenvalue weighted by molar-refractivity contribution is 7.87. The van der Waals surface area contributed by atoms with Crippen molar-refractivity contribution in [2.24, 2.45) is 0 Å². The van der Waals surface area contributed by atoms with E-state index in [0.717, 1.165) is 18.4 Å². The summed E-state index contributed by atoms with van der Waals surface area (Å²) in [6, 6.07) is 7.56. The zero-order valence-electron chi connectivity index (χ0n) is 14.2.